The Balaban J connectivity index is 2.75. The van der Waals surface area contributed by atoms with Crippen molar-refractivity contribution in [3.63, 3.8) is 0 Å². The van der Waals surface area contributed by atoms with Crippen molar-refractivity contribution in [1.29, 1.82) is 0 Å². The zero-order valence-corrected chi connectivity index (χ0v) is 10.9. The van der Waals surface area contributed by atoms with Gasteiger partial charge in [-0.15, -0.1) is 0 Å². The Morgan fingerprint density at radius 3 is 2.35 bits per heavy atom. The van der Waals surface area contributed by atoms with Gasteiger partial charge in [0, 0.05) is 12.6 Å². The van der Waals surface area contributed by atoms with E-state index in [-0.39, 0.29) is 6.04 Å². The zero-order valence-electron chi connectivity index (χ0n) is 10.9. The molecule has 0 bridgehead atoms. The van der Waals surface area contributed by atoms with Gasteiger partial charge in [0.2, 0.25) is 0 Å². The summed E-state index contributed by atoms with van der Waals surface area (Å²) in [4.78, 5) is 2.15. The fraction of sp³-hybridized carbons (Fsp3) is 0.429. The molecule has 0 aliphatic carbocycles. The number of ether oxygens (including phenoxy) is 1. The molecule has 0 aliphatic heterocycles. The van der Waals surface area contributed by atoms with Gasteiger partial charge in [0.1, 0.15) is 5.75 Å². The van der Waals surface area contributed by atoms with Gasteiger partial charge < -0.3 is 15.4 Å². The molecule has 0 amide bonds. The van der Waals surface area contributed by atoms with Crippen LogP contribution in [0.5, 0.6) is 5.75 Å². The highest BCUT2D eigenvalue weighted by Crippen LogP contribution is 2.16. The minimum absolute atomic E-state index is 0.286. The van der Waals surface area contributed by atoms with Crippen molar-refractivity contribution in [2.75, 3.05) is 27.7 Å². The maximum absolute atomic E-state index is 5.66. The first-order chi connectivity index (χ1) is 8.08. The number of nitrogens with two attached hydrogens (primary N) is 1. The third-order valence-corrected chi connectivity index (χ3v) is 2.94. The molecule has 0 aromatic heterocycles. The molecule has 1 atom stereocenters. The summed E-state index contributed by atoms with van der Waals surface area (Å²) in [6.45, 7) is 4.56. The number of methoxy groups -OCH3 is 1. The largest absolute Gasteiger partial charge is 0.497 e. The fourth-order valence-corrected chi connectivity index (χ4v) is 1.81. The predicted octanol–water partition coefficient (Wildman–Crippen LogP) is 1.68. The van der Waals surface area contributed by atoms with Crippen LogP contribution in [0.15, 0.2) is 36.4 Å². The SMILES string of the molecule is C=C(CN)[C@H](Cc1ccc(OC)cc1)N(C)C. The molecule has 1 aromatic carbocycles. The average molecular weight is 234 g/mol. The van der Waals surface area contributed by atoms with Crippen molar-refractivity contribution in [1.82, 2.24) is 4.90 Å². The summed E-state index contributed by atoms with van der Waals surface area (Å²) >= 11 is 0. The van der Waals surface area contributed by atoms with Crippen LogP contribution in [-0.4, -0.2) is 38.7 Å². The molecule has 3 nitrogen and oxygen atoms in total. The molecule has 0 aliphatic rings. The Labute approximate surface area is 104 Å². The van der Waals surface area contributed by atoms with Crippen LogP contribution in [0, 0.1) is 0 Å². The molecule has 3 heteroatoms. The van der Waals surface area contributed by atoms with E-state index < -0.39 is 0 Å². The number of hydrogen-bond acceptors (Lipinski definition) is 3. The molecule has 94 valence electrons. The summed E-state index contributed by atoms with van der Waals surface area (Å²) < 4.78 is 5.14. The van der Waals surface area contributed by atoms with Gasteiger partial charge in [-0.2, -0.15) is 0 Å². The van der Waals surface area contributed by atoms with Gasteiger partial charge >= 0.3 is 0 Å². The van der Waals surface area contributed by atoms with Crippen LogP contribution in [0.2, 0.25) is 0 Å². The van der Waals surface area contributed by atoms with Gasteiger partial charge in [0.05, 0.1) is 7.11 Å². The van der Waals surface area contributed by atoms with Crippen LogP contribution in [0.3, 0.4) is 0 Å². The van der Waals surface area contributed by atoms with Crippen LogP contribution >= 0.6 is 0 Å². The third-order valence-electron chi connectivity index (χ3n) is 2.94. The van der Waals surface area contributed by atoms with Crippen molar-refractivity contribution in [2.24, 2.45) is 5.73 Å². The van der Waals surface area contributed by atoms with E-state index in [1.54, 1.807) is 7.11 Å². The summed E-state index contributed by atoms with van der Waals surface area (Å²) in [6, 6.07) is 8.41. The lowest BCUT2D eigenvalue weighted by molar-refractivity contribution is 0.326. The molecule has 0 saturated heterocycles. The van der Waals surface area contributed by atoms with Crippen LogP contribution < -0.4 is 10.5 Å². The molecule has 0 fully saturated rings. The molecule has 17 heavy (non-hydrogen) atoms. The summed E-state index contributed by atoms with van der Waals surface area (Å²) in [5.41, 5.74) is 7.99. The Morgan fingerprint density at radius 2 is 1.94 bits per heavy atom. The Bertz CT molecular complexity index is 357. The molecule has 1 rings (SSSR count). The minimum atomic E-state index is 0.286. The van der Waals surface area contributed by atoms with E-state index in [2.05, 4.69) is 37.7 Å². The molecule has 0 radical (unpaired) electrons. The molecule has 0 saturated carbocycles. The summed E-state index contributed by atoms with van der Waals surface area (Å²) in [5, 5.41) is 0. The number of benzene rings is 1. The van der Waals surface area contributed by atoms with Crippen LogP contribution in [-0.2, 0) is 6.42 Å². The summed E-state index contributed by atoms with van der Waals surface area (Å²) in [6.07, 6.45) is 0.924. The van der Waals surface area contributed by atoms with E-state index in [9.17, 15) is 0 Å². The second-order valence-electron chi connectivity index (χ2n) is 4.39. The van der Waals surface area contributed by atoms with Gasteiger partial charge in [0.15, 0.2) is 0 Å². The Kier molecular flexibility index (Phi) is 5.19. The van der Waals surface area contributed by atoms with Crippen molar-refractivity contribution in [3.05, 3.63) is 42.0 Å². The van der Waals surface area contributed by atoms with Gasteiger partial charge in [-0.05, 0) is 43.8 Å². The maximum Gasteiger partial charge on any atom is 0.118 e. The predicted molar refractivity (Wildman–Crippen MR) is 72.4 cm³/mol. The molecular weight excluding hydrogens is 212 g/mol. The van der Waals surface area contributed by atoms with Crippen molar-refractivity contribution >= 4 is 0 Å². The number of rotatable bonds is 6. The Morgan fingerprint density at radius 1 is 1.35 bits per heavy atom. The van der Waals surface area contributed by atoms with Crippen molar-refractivity contribution < 1.29 is 4.74 Å². The monoisotopic (exact) mass is 234 g/mol. The normalized spacial score (nSPS) is 12.5. The Hall–Kier alpha value is -1.32. The second kappa shape index (κ2) is 6.42. The van der Waals surface area contributed by atoms with Crippen molar-refractivity contribution in [2.45, 2.75) is 12.5 Å². The highest BCUT2D eigenvalue weighted by Gasteiger charge is 2.14. The molecular formula is C14H22N2O. The molecule has 1 aromatic rings. The van der Waals surface area contributed by atoms with E-state index in [4.69, 9.17) is 10.5 Å². The first kappa shape index (κ1) is 13.7. The lowest BCUT2D eigenvalue weighted by Crippen LogP contribution is -2.34. The van der Waals surface area contributed by atoms with Crippen LogP contribution in [0.25, 0.3) is 0 Å². The van der Waals surface area contributed by atoms with E-state index >= 15 is 0 Å². The third kappa shape index (κ3) is 3.88. The summed E-state index contributed by atoms with van der Waals surface area (Å²) in [7, 11) is 5.78. The maximum atomic E-state index is 5.66. The summed E-state index contributed by atoms with van der Waals surface area (Å²) in [5.74, 6) is 0.882. The molecule has 0 spiro atoms. The van der Waals surface area contributed by atoms with Gasteiger partial charge in [0.25, 0.3) is 0 Å². The second-order valence-corrected chi connectivity index (χ2v) is 4.39. The van der Waals surface area contributed by atoms with Crippen molar-refractivity contribution in [3.8, 4) is 5.75 Å². The topological polar surface area (TPSA) is 38.5 Å². The van der Waals surface area contributed by atoms with E-state index in [1.807, 2.05) is 12.1 Å². The minimum Gasteiger partial charge on any atom is -0.497 e. The lowest BCUT2D eigenvalue weighted by Gasteiger charge is -2.26. The molecule has 2 N–H and O–H groups in total. The molecule has 0 unspecified atom stereocenters. The first-order valence-corrected chi connectivity index (χ1v) is 5.75. The number of nitrogens with zero attached hydrogens (tertiary/aromatic N) is 1. The van der Waals surface area contributed by atoms with E-state index in [1.165, 1.54) is 5.56 Å². The van der Waals surface area contributed by atoms with Gasteiger partial charge in [-0.3, -0.25) is 0 Å². The number of likely N-dealkylation sites (N-methyl/N-ethyl adjacent to an activating group) is 1. The van der Waals surface area contributed by atoms with Crippen LogP contribution in [0.4, 0.5) is 0 Å². The standard InChI is InChI=1S/C14H22N2O/c1-11(10-15)14(16(2)3)9-12-5-7-13(17-4)8-6-12/h5-8,14H,1,9-10,15H2,2-4H3/t14-/m0/s1. The van der Waals surface area contributed by atoms with Gasteiger partial charge in [-0.25, -0.2) is 0 Å². The van der Waals surface area contributed by atoms with E-state index in [0.29, 0.717) is 6.54 Å². The first-order valence-electron chi connectivity index (χ1n) is 5.75. The number of hydrogen-bond donors (Lipinski definition) is 1. The quantitative estimate of drug-likeness (QED) is 0.761. The highest BCUT2D eigenvalue weighted by molar-refractivity contribution is 5.28. The highest BCUT2D eigenvalue weighted by atomic mass is 16.5. The smallest absolute Gasteiger partial charge is 0.118 e. The van der Waals surface area contributed by atoms with E-state index in [0.717, 1.165) is 17.7 Å². The lowest BCUT2D eigenvalue weighted by atomic mass is 9.99. The molecule has 0 heterocycles. The average Bonchev–Trinajstić information content (AvgIpc) is 2.35. The van der Waals surface area contributed by atoms with Gasteiger partial charge in [-0.1, -0.05) is 18.7 Å². The fourth-order valence-electron chi connectivity index (χ4n) is 1.81. The van der Waals surface area contributed by atoms with Crippen LogP contribution in [0.1, 0.15) is 5.56 Å². The zero-order chi connectivity index (χ0) is 12.8.